The first kappa shape index (κ1) is 24.9. The van der Waals surface area contributed by atoms with Crippen molar-refractivity contribution in [3.63, 3.8) is 0 Å². The van der Waals surface area contributed by atoms with Crippen LogP contribution in [0, 0.1) is 5.41 Å². The van der Waals surface area contributed by atoms with Gasteiger partial charge in [0.15, 0.2) is 5.41 Å². The SMILES string of the molecule is C=C/C=C/CCC(C/C=C/C=C/CCCCO)(C(=O)OCC)C(=O)OCC. The lowest BCUT2D eigenvalue weighted by atomic mass is 9.79. The largest absolute Gasteiger partial charge is 0.465 e. The second-order valence-corrected chi connectivity index (χ2v) is 6.01. The van der Waals surface area contributed by atoms with E-state index < -0.39 is 17.4 Å². The van der Waals surface area contributed by atoms with Crippen molar-refractivity contribution < 1.29 is 24.2 Å². The van der Waals surface area contributed by atoms with Crippen molar-refractivity contribution >= 4 is 11.9 Å². The lowest BCUT2D eigenvalue weighted by Crippen LogP contribution is -2.41. The highest BCUT2D eigenvalue weighted by atomic mass is 16.6. The average Bonchev–Trinajstić information content (AvgIpc) is 2.66. The van der Waals surface area contributed by atoms with Crippen molar-refractivity contribution in [3.8, 4) is 0 Å². The minimum absolute atomic E-state index is 0.200. The van der Waals surface area contributed by atoms with E-state index in [0.29, 0.717) is 12.8 Å². The molecular weight excluding hydrogens is 344 g/mol. The summed E-state index contributed by atoms with van der Waals surface area (Å²) in [6, 6.07) is 0. The molecule has 0 aromatic heterocycles. The molecule has 0 amide bonds. The van der Waals surface area contributed by atoms with Gasteiger partial charge in [-0.15, -0.1) is 0 Å². The van der Waals surface area contributed by atoms with Crippen molar-refractivity contribution in [2.75, 3.05) is 19.8 Å². The molecule has 5 heteroatoms. The molecule has 0 saturated heterocycles. The third kappa shape index (κ3) is 9.94. The van der Waals surface area contributed by atoms with Gasteiger partial charge in [0.1, 0.15) is 0 Å². The summed E-state index contributed by atoms with van der Waals surface area (Å²) in [6.07, 6.45) is 16.4. The first-order valence-electron chi connectivity index (χ1n) is 9.63. The van der Waals surface area contributed by atoms with Gasteiger partial charge in [-0.25, -0.2) is 0 Å². The minimum Gasteiger partial charge on any atom is -0.465 e. The normalized spacial score (nSPS) is 12.1. The fraction of sp³-hybridized carbons (Fsp3) is 0.545. The Bertz CT molecular complexity index is 499. The Kier molecular flexibility index (Phi) is 14.8. The van der Waals surface area contributed by atoms with E-state index in [-0.39, 0.29) is 26.2 Å². The zero-order chi connectivity index (χ0) is 20.4. The van der Waals surface area contributed by atoms with Gasteiger partial charge in [-0.3, -0.25) is 9.59 Å². The number of allylic oxidation sites excluding steroid dienone is 7. The second-order valence-electron chi connectivity index (χ2n) is 6.01. The van der Waals surface area contributed by atoms with Crippen LogP contribution in [0.3, 0.4) is 0 Å². The van der Waals surface area contributed by atoms with Crippen LogP contribution in [-0.4, -0.2) is 36.9 Å². The number of hydrogen-bond donors (Lipinski definition) is 1. The van der Waals surface area contributed by atoms with Gasteiger partial charge < -0.3 is 14.6 Å². The molecule has 0 aliphatic rings. The quantitative estimate of drug-likeness (QED) is 0.199. The van der Waals surface area contributed by atoms with Crippen molar-refractivity contribution in [2.24, 2.45) is 5.41 Å². The van der Waals surface area contributed by atoms with Crippen LogP contribution < -0.4 is 0 Å². The fourth-order valence-corrected chi connectivity index (χ4v) is 2.51. The third-order valence-corrected chi connectivity index (χ3v) is 3.97. The number of esters is 2. The average molecular weight is 379 g/mol. The number of carbonyl (C=O) groups is 2. The van der Waals surface area contributed by atoms with E-state index in [1.54, 1.807) is 32.1 Å². The van der Waals surface area contributed by atoms with Gasteiger partial charge >= 0.3 is 11.9 Å². The molecule has 1 N–H and O–H groups in total. The van der Waals surface area contributed by atoms with Gasteiger partial charge in [-0.1, -0.05) is 49.1 Å². The summed E-state index contributed by atoms with van der Waals surface area (Å²) in [5.74, 6) is -1.10. The van der Waals surface area contributed by atoms with E-state index in [1.807, 2.05) is 24.3 Å². The molecule has 0 heterocycles. The van der Waals surface area contributed by atoms with E-state index in [1.165, 1.54) is 0 Å². The highest BCUT2D eigenvalue weighted by Gasteiger charge is 2.47. The molecule has 5 nitrogen and oxygen atoms in total. The van der Waals surface area contributed by atoms with Crippen LogP contribution in [0.5, 0.6) is 0 Å². The molecule has 0 radical (unpaired) electrons. The van der Waals surface area contributed by atoms with Gasteiger partial charge in [0.2, 0.25) is 0 Å². The summed E-state index contributed by atoms with van der Waals surface area (Å²) in [5.41, 5.74) is -1.35. The topological polar surface area (TPSA) is 72.8 Å². The zero-order valence-corrected chi connectivity index (χ0v) is 16.7. The predicted octanol–water partition coefficient (Wildman–Crippen LogP) is 4.29. The molecule has 0 bridgehead atoms. The Balaban J connectivity index is 5.24. The molecule has 0 aromatic carbocycles. The molecule has 0 aromatic rings. The molecule has 0 unspecified atom stereocenters. The molecule has 0 saturated carbocycles. The van der Waals surface area contributed by atoms with E-state index in [0.717, 1.165) is 19.3 Å². The molecule has 0 rings (SSSR count). The Morgan fingerprint density at radius 1 is 0.926 bits per heavy atom. The molecule has 0 aliphatic heterocycles. The number of aliphatic hydroxyl groups is 1. The molecule has 0 aliphatic carbocycles. The number of carbonyl (C=O) groups excluding carboxylic acids is 2. The van der Waals surface area contributed by atoms with Crippen molar-refractivity contribution in [3.05, 3.63) is 49.1 Å². The van der Waals surface area contributed by atoms with Gasteiger partial charge in [0.05, 0.1) is 13.2 Å². The molecule has 0 spiro atoms. The fourth-order valence-electron chi connectivity index (χ4n) is 2.51. The van der Waals surface area contributed by atoms with Crippen LogP contribution >= 0.6 is 0 Å². The molecule has 0 atom stereocenters. The van der Waals surface area contributed by atoms with Gasteiger partial charge in [-0.2, -0.15) is 0 Å². The predicted molar refractivity (Wildman–Crippen MR) is 108 cm³/mol. The van der Waals surface area contributed by atoms with Crippen LogP contribution in [0.15, 0.2) is 49.1 Å². The second kappa shape index (κ2) is 16.1. The van der Waals surface area contributed by atoms with Crippen molar-refractivity contribution in [1.29, 1.82) is 0 Å². The highest BCUT2D eigenvalue weighted by Crippen LogP contribution is 2.33. The molecule has 152 valence electrons. The maximum absolute atomic E-state index is 12.6. The van der Waals surface area contributed by atoms with Gasteiger partial charge in [0, 0.05) is 6.61 Å². The van der Waals surface area contributed by atoms with E-state index in [2.05, 4.69) is 6.58 Å². The Morgan fingerprint density at radius 3 is 2.07 bits per heavy atom. The monoisotopic (exact) mass is 378 g/mol. The van der Waals surface area contributed by atoms with Crippen LogP contribution in [0.1, 0.15) is 52.4 Å². The minimum atomic E-state index is -1.35. The summed E-state index contributed by atoms with van der Waals surface area (Å²) >= 11 is 0. The maximum Gasteiger partial charge on any atom is 0.323 e. The Labute approximate surface area is 163 Å². The van der Waals surface area contributed by atoms with Crippen LogP contribution in [-0.2, 0) is 19.1 Å². The number of aliphatic hydroxyl groups excluding tert-OH is 1. The Morgan fingerprint density at radius 2 is 1.52 bits per heavy atom. The van der Waals surface area contributed by atoms with Crippen LogP contribution in [0.25, 0.3) is 0 Å². The maximum atomic E-state index is 12.6. The van der Waals surface area contributed by atoms with E-state index in [9.17, 15) is 9.59 Å². The first-order valence-corrected chi connectivity index (χ1v) is 9.63. The van der Waals surface area contributed by atoms with Crippen LogP contribution in [0.4, 0.5) is 0 Å². The zero-order valence-electron chi connectivity index (χ0n) is 16.7. The Hall–Kier alpha value is -2.14. The highest BCUT2D eigenvalue weighted by molar-refractivity contribution is 6.00. The number of hydrogen-bond acceptors (Lipinski definition) is 5. The van der Waals surface area contributed by atoms with E-state index >= 15 is 0 Å². The number of ether oxygens (including phenoxy) is 2. The summed E-state index contributed by atoms with van der Waals surface area (Å²) in [6.45, 7) is 7.67. The lowest BCUT2D eigenvalue weighted by molar-refractivity contribution is -0.172. The van der Waals surface area contributed by atoms with Crippen molar-refractivity contribution in [2.45, 2.75) is 52.4 Å². The number of unbranched alkanes of at least 4 members (excludes halogenated alkanes) is 2. The summed E-state index contributed by atoms with van der Waals surface area (Å²) in [7, 11) is 0. The standard InChI is InChI=1S/C22H34O5/c1-4-7-8-14-17-22(20(24)26-5-2,21(25)27-6-3)18-15-12-10-9-11-13-16-19-23/h4,7-10,12,15,23H,1,5-6,11,13-14,16-19H2,2-3H3/b8-7+,10-9+,15-12+. The smallest absolute Gasteiger partial charge is 0.323 e. The molecular formula is C22H34O5. The van der Waals surface area contributed by atoms with E-state index in [4.69, 9.17) is 14.6 Å². The summed E-state index contributed by atoms with van der Waals surface area (Å²) in [4.78, 5) is 25.3. The lowest BCUT2D eigenvalue weighted by Gasteiger charge is -2.27. The summed E-state index contributed by atoms with van der Waals surface area (Å²) < 4.78 is 10.4. The summed E-state index contributed by atoms with van der Waals surface area (Å²) in [5, 5.41) is 8.76. The van der Waals surface area contributed by atoms with Gasteiger partial charge in [0.25, 0.3) is 0 Å². The third-order valence-electron chi connectivity index (χ3n) is 3.97. The van der Waals surface area contributed by atoms with Crippen LogP contribution in [0.2, 0.25) is 0 Å². The van der Waals surface area contributed by atoms with Gasteiger partial charge in [-0.05, 0) is 52.4 Å². The first-order chi connectivity index (χ1) is 13.1. The molecule has 27 heavy (non-hydrogen) atoms. The number of rotatable bonds is 15. The molecule has 0 fully saturated rings. The van der Waals surface area contributed by atoms with Crippen molar-refractivity contribution in [1.82, 2.24) is 0 Å².